The zero-order valence-electron chi connectivity index (χ0n) is 14.8. The number of nitrogen functional groups attached to an aromatic ring is 1. The Morgan fingerprint density at radius 3 is 2.41 bits per heavy atom. The lowest BCUT2D eigenvalue weighted by Gasteiger charge is -2.12. The van der Waals surface area contributed by atoms with Crippen molar-refractivity contribution in [3.63, 3.8) is 0 Å². The Bertz CT molecular complexity index is 1180. The third-order valence-corrected chi connectivity index (χ3v) is 4.65. The summed E-state index contributed by atoms with van der Waals surface area (Å²) in [5.41, 5.74) is 19.5. The predicted octanol–water partition coefficient (Wildman–Crippen LogP) is 2.50. The van der Waals surface area contributed by atoms with Crippen molar-refractivity contribution in [2.45, 2.75) is 13.5 Å². The number of rotatable bonds is 3. The summed E-state index contributed by atoms with van der Waals surface area (Å²) in [6.07, 6.45) is 0. The standard InChI is InChI=1S/C21H17N5.HI/c1-2-26-20-12-15(22)8-10-18(20)17-11-9-16(24-25-23)13-19(17)21(26)14-6-4-3-5-7-14;/h3-13,22H,2H2,1H3;1H. The van der Waals surface area contributed by atoms with Crippen molar-refractivity contribution in [3.8, 4) is 11.3 Å². The van der Waals surface area contributed by atoms with Crippen molar-refractivity contribution >= 4 is 33.1 Å². The molecule has 5 nitrogen and oxygen atoms in total. The molecule has 0 saturated carbocycles. The van der Waals surface area contributed by atoms with E-state index in [2.05, 4.69) is 39.7 Å². The van der Waals surface area contributed by atoms with E-state index in [-0.39, 0.29) is 24.0 Å². The third kappa shape index (κ3) is 3.29. The number of nitrogens with zero attached hydrogens (tertiary/aromatic N) is 4. The summed E-state index contributed by atoms with van der Waals surface area (Å²) in [6.45, 7) is 2.92. The van der Waals surface area contributed by atoms with Gasteiger partial charge in [0.2, 0.25) is 11.2 Å². The zero-order valence-corrected chi connectivity index (χ0v) is 17.0. The summed E-state index contributed by atoms with van der Waals surface area (Å²) in [5.74, 6) is 0. The molecule has 2 N–H and O–H groups in total. The second-order valence-corrected chi connectivity index (χ2v) is 6.15. The van der Waals surface area contributed by atoms with Gasteiger partial charge in [0.1, 0.15) is 6.54 Å². The van der Waals surface area contributed by atoms with E-state index in [9.17, 15) is 0 Å². The van der Waals surface area contributed by atoms with Gasteiger partial charge in [0.25, 0.3) is 0 Å². The smallest absolute Gasteiger partial charge is 0.220 e. The number of hydrogen-bond donors (Lipinski definition) is 1. The lowest BCUT2D eigenvalue weighted by atomic mass is 9.98. The molecule has 0 unspecified atom stereocenters. The van der Waals surface area contributed by atoms with Crippen LogP contribution in [0.1, 0.15) is 6.92 Å². The van der Waals surface area contributed by atoms with Gasteiger partial charge in [0.15, 0.2) is 0 Å². The normalized spacial score (nSPS) is 10.4. The molecular formula is C21H18IN5. The van der Waals surface area contributed by atoms with Crippen molar-refractivity contribution < 1.29 is 28.5 Å². The Hall–Kier alpha value is -2.83. The second kappa shape index (κ2) is 7.82. The second-order valence-electron chi connectivity index (χ2n) is 6.15. The highest BCUT2D eigenvalue weighted by molar-refractivity contribution is 6.10. The quantitative estimate of drug-likeness (QED) is 0.0940. The van der Waals surface area contributed by atoms with Gasteiger partial charge in [-0.05, 0) is 42.8 Å². The molecule has 4 aromatic rings. The number of hydrogen-bond acceptors (Lipinski definition) is 2. The van der Waals surface area contributed by atoms with Gasteiger partial charge in [-0.1, -0.05) is 35.4 Å². The molecule has 1 aromatic heterocycles. The third-order valence-electron chi connectivity index (χ3n) is 4.65. The van der Waals surface area contributed by atoms with E-state index < -0.39 is 0 Å². The maximum Gasteiger partial charge on any atom is 0.220 e. The van der Waals surface area contributed by atoms with Crippen LogP contribution in [0.5, 0.6) is 0 Å². The van der Waals surface area contributed by atoms with Crippen molar-refractivity contribution in [2.24, 2.45) is 5.11 Å². The molecule has 6 heteroatoms. The van der Waals surface area contributed by atoms with Crippen LogP contribution in [0, 0.1) is 0 Å². The largest absolute Gasteiger partial charge is 1.00 e. The lowest BCUT2D eigenvalue weighted by molar-refractivity contribution is -0.655. The Balaban J connectivity index is 0.00000210. The van der Waals surface area contributed by atoms with Crippen LogP contribution in [0.15, 0.2) is 71.8 Å². The average molecular weight is 467 g/mol. The number of benzene rings is 3. The number of halogens is 1. The Morgan fingerprint density at radius 2 is 1.70 bits per heavy atom. The summed E-state index contributed by atoms with van der Waals surface area (Å²) >= 11 is 0. The van der Waals surface area contributed by atoms with Crippen LogP contribution in [-0.4, -0.2) is 0 Å². The minimum absolute atomic E-state index is 0. The van der Waals surface area contributed by atoms with Crippen LogP contribution < -0.4 is 34.3 Å². The molecule has 0 atom stereocenters. The van der Waals surface area contributed by atoms with Gasteiger partial charge >= 0.3 is 0 Å². The summed E-state index contributed by atoms with van der Waals surface area (Å²) in [6, 6.07) is 22.1. The number of pyridine rings is 1. The number of nitrogens with two attached hydrogens (primary N) is 1. The first-order chi connectivity index (χ1) is 12.7. The van der Waals surface area contributed by atoms with Crippen LogP contribution in [0.4, 0.5) is 11.4 Å². The van der Waals surface area contributed by atoms with Crippen LogP contribution >= 0.6 is 0 Å². The minimum Gasteiger partial charge on any atom is -1.00 e. The molecule has 1 heterocycles. The molecule has 3 aromatic carbocycles. The van der Waals surface area contributed by atoms with Gasteiger partial charge in [-0.3, -0.25) is 0 Å². The van der Waals surface area contributed by atoms with Crippen molar-refractivity contribution in [3.05, 3.63) is 77.2 Å². The van der Waals surface area contributed by atoms with Gasteiger partial charge in [-0.25, -0.2) is 0 Å². The average Bonchev–Trinajstić information content (AvgIpc) is 2.67. The van der Waals surface area contributed by atoms with E-state index in [1.165, 1.54) is 0 Å². The van der Waals surface area contributed by atoms with E-state index in [1.807, 2.05) is 48.5 Å². The molecule has 0 aliphatic heterocycles. The first-order valence-corrected chi connectivity index (χ1v) is 8.52. The summed E-state index contributed by atoms with van der Waals surface area (Å²) in [7, 11) is 0. The predicted molar refractivity (Wildman–Crippen MR) is 106 cm³/mol. The van der Waals surface area contributed by atoms with Crippen molar-refractivity contribution in [2.75, 3.05) is 5.73 Å². The SMILES string of the molecule is CC[n+]1c(-c2ccccc2)c2cc(N=[N+]=[N-])ccc2c2ccc(N)cc21.[I-]. The molecule has 4 rings (SSSR count). The molecule has 0 bridgehead atoms. The lowest BCUT2D eigenvalue weighted by Crippen LogP contribution is -3.00. The summed E-state index contributed by atoms with van der Waals surface area (Å²) in [5, 5.41) is 7.09. The van der Waals surface area contributed by atoms with E-state index >= 15 is 0 Å². The molecule has 0 spiro atoms. The van der Waals surface area contributed by atoms with E-state index in [4.69, 9.17) is 11.3 Å². The van der Waals surface area contributed by atoms with Gasteiger partial charge in [0.05, 0.1) is 10.8 Å². The van der Waals surface area contributed by atoms with Crippen LogP contribution in [0.3, 0.4) is 0 Å². The fourth-order valence-electron chi connectivity index (χ4n) is 3.58. The summed E-state index contributed by atoms with van der Waals surface area (Å²) in [4.78, 5) is 2.93. The Morgan fingerprint density at radius 1 is 0.963 bits per heavy atom. The molecule has 0 saturated heterocycles. The topological polar surface area (TPSA) is 78.7 Å². The highest BCUT2D eigenvalue weighted by atomic mass is 127. The van der Waals surface area contributed by atoms with Crippen molar-refractivity contribution in [1.82, 2.24) is 0 Å². The van der Waals surface area contributed by atoms with Crippen molar-refractivity contribution in [1.29, 1.82) is 0 Å². The van der Waals surface area contributed by atoms with E-state index in [0.717, 1.165) is 45.2 Å². The van der Waals surface area contributed by atoms with Gasteiger partial charge in [-0.15, -0.1) is 0 Å². The highest BCUT2D eigenvalue weighted by Gasteiger charge is 2.22. The Labute approximate surface area is 174 Å². The fourth-order valence-corrected chi connectivity index (χ4v) is 3.58. The number of anilines is 1. The number of aryl methyl sites for hydroxylation is 1. The molecule has 27 heavy (non-hydrogen) atoms. The van der Waals surface area contributed by atoms with Gasteiger partial charge in [0, 0.05) is 33.3 Å². The molecular weight excluding hydrogens is 449 g/mol. The maximum atomic E-state index is 8.82. The van der Waals surface area contributed by atoms with Crippen LogP contribution in [0.2, 0.25) is 0 Å². The fraction of sp³-hybridized carbons (Fsp3) is 0.0952. The van der Waals surface area contributed by atoms with Crippen LogP contribution in [-0.2, 0) is 6.54 Å². The van der Waals surface area contributed by atoms with Crippen LogP contribution in [0.25, 0.3) is 43.4 Å². The molecule has 134 valence electrons. The zero-order chi connectivity index (χ0) is 18.1. The van der Waals surface area contributed by atoms with Gasteiger partial charge < -0.3 is 29.7 Å². The van der Waals surface area contributed by atoms with Gasteiger partial charge in [-0.2, -0.15) is 4.57 Å². The molecule has 0 radical (unpaired) electrons. The number of azide groups is 1. The molecule has 0 fully saturated rings. The Kier molecular flexibility index (Phi) is 5.48. The monoisotopic (exact) mass is 467 g/mol. The molecule has 0 aliphatic carbocycles. The van der Waals surface area contributed by atoms with E-state index in [1.54, 1.807) is 0 Å². The summed E-state index contributed by atoms with van der Waals surface area (Å²) < 4.78 is 2.27. The minimum atomic E-state index is 0. The molecule has 0 amide bonds. The number of aromatic nitrogens is 1. The highest BCUT2D eigenvalue weighted by Crippen LogP contribution is 2.34. The molecule has 0 aliphatic rings. The number of fused-ring (bicyclic) bond motifs is 3. The first kappa shape index (κ1) is 18.9. The maximum absolute atomic E-state index is 8.82. The first-order valence-electron chi connectivity index (χ1n) is 8.52. The van der Waals surface area contributed by atoms with E-state index in [0.29, 0.717) is 5.69 Å².